The fraction of sp³-hybridized carbons (Fsp3) is 0.240. The maximum Gasteiger partial charge on any atom is 0.332 e. The molecule has 176 valence electrons. The van der Waals surface area contributed by atoms with E-state index in [0.717, 1.165) is 10.8 Å². The molecule has 10 nitrogen and oxygen atoms in total. The summed E-state index contributed by atoms with van der Waals surface area (Å²) in [5.41, 5.74) is 1.25. The molecule has 3 aliphatic heterocycles. The first-order chi connectivity index (χ1) is 16.8. The highest BCUT2D eigenvalue weighted by Crippen LogP contribution is 2.43. The predicted molar refractivity (Wildman–Crippen MR) is 128 cm³/mol. The Morgan fingerprint density at radius 2 is 1.86 bits per heavy atom. The molecular weight excluding hydrogens is 450 g/mol. The van der Waals surface area contributed by atoms with Gasteiger partial charge >= 0.3 is 12.1 Å². The molecule has 0 spiro atoms. The van der Waals surface area contributed by atoms with Crippen LogP contribution in [-0.4, -0.2) is 57.4 Å². The lowest BCUT2D eigenvalue weighted by Crippen LogP contribution is -2.55. The number of piperazine rings is 1. The van der Waals surface area contributed by atoms with Crippen LogP contribution in [0.4, 0.5) is 26.7 Å². The van der Waals surface area contributed by atoms with E-state index in [1.165, 1.54) is 11.0 Å². The fourth-order valence-electron chi connectivity index (χ4n) is 5.59. The highest BCUT2D eigenvalue weighted by atomic mass is 16.6. The van der Waals surface area contributed by atoms with E-state index in [1.807, 2.05) is 36.4 Å². The summed E-state index contributed by atoms with van der Waals surface area (Å²) in [6, 6.07) is 15.3. The Balaban J connectivity index is 1.27. The second-order valence-corrected chi connectivity index (χ2v) is 9.10. The van der Waals surface area contributed by atoms with Crippen LogP contribution in [0.3, 0.4) is 0 Å². The number of amides is 5. The Kier molecular flexibility index (Phi) is 4.53. The van der Waals surface area contributed by atoms with Crippen molar-refractivity contribution in [2.24, 2.45) is 0 Å². The topological polar surface area (TPSA) is 116 Å². The number of nitro benzene ring substituents is 1. The predicted octanol–water partition coefficient (Wildman–Crippen LogP) is 3.88. The van der Waals surface area contributed by atoms with Crippen molar-refractivity contribution in [3.8, 4) is 0 Å². The van der Waals surface area contributed by atoms with Crippen LogP contribution in [0.15, 0.2) is 60.7 Å². The first kappa shape index (κ1) is 21.1. The SMILES string of the molecule is Cc1ccc(NC(=O)N2CC3CC2[C@@H]2C(=O)N(c4cccc5ccccc45)C(=O)N32)cc1[N+](=O)[O-]. The second-order valence-electron chi connectivity index (χ2n) is 9.10. The lowest BCUT2D eigenvalue weighted by atomic mass is 10.1. The lowest BCUT2D eigenvalue weighted by Gasteiger charge is -2.34. The third-order valence-corrected chi connectivity index (χ3v) is 7.19. The number of imide groups is 1. The number of urea groups is 2. The molecule has 2 unspecified atom stereocenters. The van der Waals surface area contributed by atoms with Crippen LogP contribution in [0.1, 0.15) is 12.0 Å². The van der Waals surface area contributed by atoms with Crippen molar-refractivity contribution in [3.05, 3.63) is 76.3 Å². The van der Waals surface area contributed by atoms with Gasteiger partial charge in [-0.3, -0.25) is 14.9 Å². The number of aryl methyl sites for hydroxylation is 1. The van der Waals surface area contributed by atoms with Gasteiger partial charge in [0.15, 0.2) is 0 Å². The molecule has 35 heavy (non-hydrogen) atoms. The quantitative estimate of drug-likeness (QED) is 0.354. The maximum absolute atomic E-state index is 13.5. The van der Waals surface area contributed by atoms with Crippen LogP contribution in [0, 0.1) is 17.0 Å². The highest BCUT2D eigenvalue weighted by molar-refractivity contribution is 6.25. The van der Waals surface area contributed by atoms with Gasteiger partial charge in [-0.1, -0.05) is 42.5 Å². The Morgan fingerprint density at radius 3 is 2.66 bits per heavy atom. The average molecular weight is 471 g/mol. The van der Waals surface area contributed by atoms with E-state index in [9.17, 15) is 24.5 Å². The Hall–Kier alpha value is -4.47. The number of nitrogens with one attached hydrogen (secondary N) is 1. The fourth-order valence-corrected chi connectivity index (χ4v) is 5.59. The van der Waals surface area contributed by atoms with Gasteiger partial charge in [-0.2, -0.15) is 0 Å². The molecular formula is C25H21N5O5. The van der Waals surface area contributed by atoms with Crippen LogP contribution in [0.25, 0.3) is 10.8 Å². The van der Waals surface area contributed by atoms with Gasteiger partial charge in [0.2, 0.25) is 0 Å². The van der Waals surface area contributed by atoms with E-state index in [4.69, 9.17) is 0 Å². The van der Waals surface area contributed by atoms with Crippen LogP contribution >= 0.6 is 0 Å². The van der Waals surface area contributed by atoms with Gasteiger partial charge in [0.05, 0.1) is 22.7 Å². The number of anilines is 2. The molecule has 3 aliphatic rings. The van der Waals surface area contributed by atoms with E-state index in [0.29, 0.717) is 29.9 Å². The monoisotopic (exact) mass is 471 g/mol. The standard InChI is InChI=1S/C25H21N5O5/c1-14-9-10-16(11-20(14)30(34)35)26-24(32)27-13-17-12-21(27)22-23(31)29(25(33)28(17)22)19-8-4-6-15-5-2-3-7-18(15)19/h2-11,17,21-22H,12-13H2,1H3,(H,26,32)/t17?,21?,22-/m1/s1. The summed E-state index contributed by atoms with van der Waals surface area (Å²) in [6.07, 6.45) is 0.521. The summed E-state index contributed by atoms with van der Waals surface area (Å²) >= 11 is 0. The van der Waals surface area contributed by atoms with E-state index in [-0.39, 0.29) is 23.7 Å². The zero-order valence-corrected chi connectivity index (χ0v) is 18.7. The number of benzene rings is 3. The van der Waals surface area contributed by atoms with E-state index >= 15 is 0 Å². The summed E-state index contributed by atoms with van der Waals surface area (Å²) in [7, 11) is 0. The summed E-state index contributed by atoms with van der Waals surface area (Å²) in [5, 5.41) is 15.7. The molecule has 5 amide bonds. The molecule has 3 saturated heterocycles. The van der Waals surface area contributed by atoms with Crippen molar-refractivity contribution >= 4 is 45.8 Å². The Bertz CT molecular complexity index is 1430. The van der Waals surface area contributed by atoms with Gasteiger partial charge in [0.1, 0.15) is 6.04 Å². The van der Waals surface area contributed by atoms with Gasteiger partial charge < -0.3 is 15.1 Å². The molecule has 2 bridgehead atoms. The molecule has 0 saturated carbocycles. The third kappa shape index (κ3) is 3.06. The smallest absolute Gasteiger partial charge is 0.317 e. The largest absolute Gasteiger partial charge is 0.332 e. The normalized spacial score (nSPS) is 22.8. The number of nitrogens with zero attached hydrogens (tertiary/aromatic N) is 4. The molecule has 3 aromatic rings. The molecule has 6 rings (SSSR count). The van der Waals surface area contributed by atoms with Crippen LogP contribution in [0.2, 0.25) is 0 Å². The number of hydrogen-bond acceptors (Lipinski definition) is 5. The number of likely N-dealkylation sites (tertiary alicyclic amines) is 1. The number of hydrogen-bond donors (Lipinski definition) is 1. The van der Waals surface area contributed by atoms with Gasteiger partial charge in [0.25, 0.3) is 11.6 Å². The van der Waals surface area contributed by atoms with Crippen LogP contribution in [-0.2, 0) is 4.79 Å². The molecule has 3 atom stereocenters. The molecule has 3 heterocycles. The molecule has 0 aliphatic carbocycles. The molecule has 3 aromatic carbocycles. The first-order valence-electron chi connectivity index (χ1n) is 11.3. The summed E-state index contributed by atoms with van der Waals surface area (Å²) in [6.45, 7) is 1.92. The summed E-state index contributed by atoms with van der Waals surface area (Å²) < 4.78 is 0. The van der Waals surface area contributed by atoms with Gasteiger partial charge in [0, 0.05) is 29.2 Å². The molecule has 3 fully saturated rings. The zero-order chi connectivity index (χ0) is 24.4. The van der Waals surface area contributed by atoms with Crippen molar-refractivity contribution in [1.82, 2.24) is 9.80 Å². The first-order valence-corrected chi connectivity index (χ1v) is 11.3. The zero-order valence-electron chi connectivity index (χ0n) is 18.7. The Labute approximate surface area is 199 Å². The number of carbonyl (C=O) groups excluding carboxylic acids is 3. The van der Waals surface area contributed by atoms with Crippen LogP contribution < -0.4 is 10.2 Å². The minimum absolute atomic E-state index is 0.0841. The van der Waals surface area contributed by atoms with Crippen molar-refractivity contribution in [1.29, 1.82) is 0 Å². The van der Waals surface area contributed by atoms with Crippen molar-refractivity contribution in [2.75, 3.05) is 16.8 Å². The molecule has 1 N–H and O–H groups in total. The average Bonchev–Trinajstić information content (AvgIpc) is 3.51. The van der Waals surface area contributed by atoms with Gasteiger partial charge in [-0.25, -0.2) is 14.5 Å². The maximum atomic E-state index is 13.5. The number of rotatable bonds is 3. The van der Waals surface area contributed by atoms with Crippen molar-refractivity contribution in [3.63, 3.8) is 0 Å². The molecule has 0 radical (unpaired) electrons. The lowest BCUT2D eigenvalue weighted by molar-refractivity contribution is -0.385. The minimum Gasteiger partial charge on any atom is -0.317 e. The van der Waals surface area contributed by atoms with E-state index < -0.39 is 23.0 Å². The van der Waals surface area contributed by atoms with Crippen LogP contribution in [0.5, 0.6) is 0 Å². The third-order valence-electron chi connectivity index (χ3n) is 7.19. The van der Waals surface area contributed by atoms with Crippen molar-refractivity contribution < 1.29 is 19.3 Å². The van der Waals surface area contributed by atoms with Gasteiger partial charge in [-0.15, -0.1) is 0 Å². The molecule has 10 heteroatoms. The van der Waals surface area contributed by atoms with E-state index in [1.54, 1.807) is 34.9 Å². The minimum atomic E-state index is -0.752. The number of carbonyl (C=O) groups is 3. The number of fused-ring (bicyclic) bond motifs is 6. The second kappa shape index (κ2) is 7.52. The summed E-state index contributed by atoms with van der Waals surface area (Å²) in [4.78, 5) is 55.2. The Morgan fingerprint density at radius 1 is 1.09 bits per heavy atom. The van der Waals surface area contributed by atoms with Crippen molar-refractivity contribution in [2.45, 2.75) is 31.5 Å². The summed E-state index contributed by atoms with van der Waals surface area (Å²) in [5.74, 6) is -0.345. The number of nitro groups is 1. The molecule has 0 aromatic heterocycles. The van der Waals surface area contributed by atoms with Gasteiger partial charge in [-0.05, 0) is 30.9 Å². The highest BCUT2D eigenvalue weighted by Gasteiger charge is 2.63. The van der Waals surface area contributed by atoms with E-state index in [2.05, 4.69) is 5.32 Å².